The van der Waals surface area contributed by atoms with E-state index < -0.39 is 0 Å². The highest BCUT2D eigenvalue weighted by Gasteiger charge is 2.02. The first-order valence-electron chi connectivity index (χ1n) is 6.60. The molecule has 0 N–H and O–H groups in total. The van der Waals surface area contributed by atoms with E-state index in [-0.39, 0.29) is 5.78 Å². The second-order valence-electron chi connectivity index (χ2n) is 4.88. The summed E-state index contributed by atoms with van der Waals surface area (Å²) >= 11 is 0. The lowest BCUT2D eigenvalue weighted by atomic mass is 10.1. The average Bonchev–Trinajstić information content (AvgIpc) is 2.53. The third-order valence-corrected chi connectivity index (χ3v) is 3.11. The van der Waals surface area contributed by atoms with Crippen LogP contribution in [0, 0.1) is 11.3 Å². The Morgan fingerprint density at radius 2 is 1.86 bits per heavy atom. The van der Waals surface area contributed by atoms with Gasteiger partial charge in [0.25, 0.3) is 0 Å². The van der Waals surface area contributed by atoms with E-state index in [0.717, 1.165) is 11.3 Å². The average molecular weight is 276 g/mol. The van der Waals surface area contributed by atoms with Crippen LogP contribution in [0.5, 0.6) is 0 Å². The first-order valence-corrected chi connectivity index (χ1v) is 6.60. The Morgan fingerprint density at radius 3 is 2.48 bits per heavy atom. The summed E-state index contributed by atoms with van der Waals surface area (Å²) in [5.41, 5.74) is 3.12. The first kappa shape index (κ1) is 14.5. The number of hydrogen-bond donors (Lipinski definition) is 0. The minimum atomic E-state index is -0.0531. The zero-order chi connectivity index (χ0) is 15.2. The third kappa shape index (κ3) is 3.80. The molecule has 0 radical (unpaired) electrons. The molecule has 2 aromatic carbocycles. The Balaban J connectivity index is 2.13. The monoisotopic (exact) mass is 276 g/mol. The fraction of sp³-hybridized carbons (Fsp3) is 0.111. The van der Waals surface area contributed by atoms with Gasteiger partial charge in [-0.2, -0.15) is 5.26 Å². The van der Waals surface area contributed by atoms with Crippen LogP contribution in [0.2, 0.25) is 0 Å². The van der Waals surface area contributed by atoms with E-state index in [4.69, 9.17) is 5.26 Å². The summed E-state index contributed by atoms with van der Waals surface area (Å²) in [6.07, 6.45) is 3.25. The molecule has 0 fully saturated rings. The second kappa shape index (κ2) is 6.53. The van der Waals surface area contributed by atoms with Gasteiger partial charge in [0.05, 0.1) is 11.6 Å². The molecule has 3 nitrogen and oxygen atoms in total. The lowest BCUT2D eigenvalue weighted by Gasteiger charge is -2.11. The minimum absolute atomic E-state index is 0.0531. The predicted molar refractivity (Wildman–Crippen MR) is 85.3 cm³/mol. The van der Waals surface area contributed by atoms with Gasteiger partial charge >= 0.3 is 0 Å². The van der Waals surface area contributed by atoms with Crippen molar-refractivity contribution >= 4 is 17.5 Å². The molecule has 3 heteroatoms. The SMILES string of the molecule is CN(C)c1ccc(C(=O)/C=C/c2cccc(C#N)c2)cc1. The Hall–Kier alpha value is -2.86. The summed E-state index contributed by atoms with van der Waals surface area (Å²) in [6.45, 7) is 0. The van der Waals surface area contributed by atoms with Crippen molar-refractivity contribution in [3.8, 4) is 6.07 Å². The van der Waals surface area contributed by atoms with Crippen LogP contribution in [0.4, 0.5) is 5.69 Å². The highest BCUT2D eigenvalue weighted by Crippen LogP contribution is 2.13. The fourth-order valence-corrected chi connectivity index (χ4v) is 1.90. The van der Waals surface area contributed by atoms with Gasteiger partial charge in [-0.05, 0) is 48.0 Å². The molecule has 2 aromatic rings. The molecule has 104 valence electrons. The molecule has 0 saturated heterocycles. The molecule has 0 amide bonds. The van der Waals surface area contributed by atoms with Crippen molar-refractivity contribution < 1.29 is 4.79 Å². The van der Waals surface area contributed by atoms with Gasteiger partial charge in [0.2, 0.25) is 0 Å². The summed E-state index contributed by atoms with van der Waals surface area (Å²) in [5, 5.41) is 8.84. The Kier molecular flexibility index (Phi) is 4.53. The molecule has 0 unspecified atom stereocenters. The number of nitrogens with zero attached hydrogens (tertiary/aromatic N) is 2. The van der Waals surface area contributed by atoms with Crippen LogP contribution in [0.3, 0.4) is 0 Å². The van der Waals surface area contributed by atoms with E-state index in [1.807, 2.05) is 49.3 Å². The van der Waals surface area contributed by atoms with E-state index in [1.165, 1.54) is 6.08 Å². The van der Waals surface area contributed by atoms with E-state index in [0.29, 0.717) is 11.1 Å². The van der Waals surface area contributed by atoms with Gasteiger partial charge < -0.3 is 4.90 Å². The van der Waals surface area contributed by atoms with Crippen LogP contribution >= 0.6 is 0 Å². The van der Waals surface area contributed by atoms with Gasteiger partial charge in [-0.15, -0.1) is 0 Å². The normalized spacial score (nSPS) is 10.3. The van der Waals surface area contributed by atoms with E-state index in [2.05, 4.69) is 6.07 Å². The van der Waals surface area contributed by atoms with E-state index >= 15 is 0 Å². The second-order valence-corrected chi connectivity index (χ2v) is 4.88. The summed E-state index contributed by atoms with van der Waals surface area (Å²) in [5.74, 6) is -0.0531. The van der Waals surface area contributed by atoms with Gasteiger partial charge in [-0.1, -0.05) is 18.2 Å². The number of hydrogen-bond acceptors (Lipinski definition) is 3. The highest BCUT2D eigenvalue weighted by atomic mass is 16.1. The minimum Gasteiger partial charge on any atom is -0.378 e. The first-order chi connectivity index (χ1) is 10.1. The van der Waals surface area contributed by atoms with Crippen LogP contribution in [-0.4, -0.2) is 19.9 Å². The largest absolute Gasteiger partial charge is 0.378 e. The predicted octanol–water partition coefficient (Wildman–Crippen LogP) is 3.52. The number of carbonyl (C=O) groups is 1. The van der Waals surface area contributed by atoms with Crippen molar-refractivity contribution in [3.63, 3.8) is 0 Å². The lowest BCUT2D eigenvalue weighted by Crippen LogP contribution is -2.08. The van der Waals surface area contributed by atoms with Crippen LogP contribution in [0.1, 0.15) is 21.5 Å². The van der Waals surface area contributed by atoms with Crippen molar-refractivity contribution in [3.05, 3.63) is 71.3 Å². The maximum absolute atomic E-state index is 12.1. The number of carbonyl (C=O) groups excluding carboxylic acids is 1. The smallest absolute Gasteiger partial charge is 0.185 e. The summed E-state index contributed by atoms with van der Waals surface area (Å²) in [7, 11) is 3.91. The molecule has 0 aliphatic rings. The van der Waals surface area contributed by atoms with Crippen molar-refractivity contribution in [1.29, 1.82) is 5.26 Å². The van der Waals surface area contributed by atoms with Crippen molar-refractivity contribution in [2.24, 2.45) is 0 Å². The van der Waals surface area contributed by atoms with E-state index in [1.54, 1.807) is 24.3 Å². The Morgan fingerprint density at radius 1 is 1.14 bits per heavy atom. The maximum atomic E-state index is 12.1. The van der Waals surface area contributed by atoms with Gasteiger partial charge in [-0.3, -0.25) is 4.79 Å². The van der Waals surface area contributed by atoms with Crippen molar-refractivity contribution in [2.75, 3.05) is 19.0 Å². The molecule has 0 bridgehead atoms. The summed E-state index contributed by atoms with van der Waals surface area (Å²) in [4.78, 5) is 14.1. The fourth-order valence-electron chi connectivity index (χ4n) is 1.90. The van der Waals surface area contributed by atoms with Crippen molar-refractivity contribution in [2.45, 2.75) is 0 Å². The molecular formula is C18H16N2O. The maximum Gasteiger partial charge on any atom is 0.185 e. The molecule has 0 saturated carbocycles. The molecule has 0 aliphatic carbocycles. The Bertz CT molecular complexity index is 707. The van der Waals surface area contributed by atoms with Crippen LogP contribution < -0.4 is 4.90 Å². The van der Waals surface area contributed by atoms with Gasteiger partial charge in [-0.25, -0.2) is 0 Å². The number of allylic oxidation sites excluding steroid dienone is 1. The molecule has 0 atom stereocenters. The number of rotatable bonds is 4. The quantitative estimate of drug-likeness (QED) is 0.634. The zero-order valence-corrected chi connectivity index (χ0v) is 12.1. The van der Waals surface area contributed by atoms with Crippen LogP contribution in [0.25, 0.3) is 6.08 Å². The zero-order valence-electron chi connectivity index (χ0n) is 12.1. The molecule has 0 aliphatic heterocycles. The number of benzene rings is 2. The standard InChI is InChI=1S/C18H16N2O/c1-20(2)17-9-7-16(8-10-17)18(21)11-6-14-4-3-5-15(12-14)13-19/h3-12H,1-2H3/b11-6+. The van der Waals surface area contributed by atoms with Gasteiger partial charge in [0.15, 0.2) is 5.78 Å². The molecule has 0 spiro atoms. The Labute approximate surface area is 124 Å². The van der Waals surface area contributed by atoms with E-state index in [9.17, 15) is 4.79 Å². The number of nitriles is 1. The van der Waals surface area contributed by atoms with Crippen LogP contribution in [-0.2, 0) is 0 Å². The van der Waals surface area contributed by atoms with Gasteiger partial charge in [0.1, 0.15) is 0 Å². The van der Waals surface area contributed by atoms with Gasteiger partial charge in [0, 0.05) is 25.3 Å². The number of ketones is 1. The molecular weight excluding hydrogens is 260 g/mol. The summed E-state index contributed by atoms with van der Waals surface area (Å²) in [6, 6.07) is 16.7. The summed E-state index contributed by atoms with van der Waals surface area (Å²) < 4.78 is 0. The molecule has 0 aromatic heterocycles. The number of anilines is 1. The van der Waals surface area contributed by atoms with Crippen molar-refractivity contribution in [1.82, 2.24) is 0 Å². The highest BCUT2D eigenvalue weighted by molar-refractivity contribution is 6.07. The van der Waals surface area contributed by atoms with Crippen LogP contribution in [0.15, 0.2) is 54.6 Å². The molecule has 21 heavy (non-hydrogen) atoms. The topological polar surface area (TPSA) is 44.1 Å². The lowest BCUT2D eigenvalue weighted by molar-refractivity contribution is 0.104. The third-order valence-electron chi connectivity index (χ3n) is 3.11. The molecule has 2 rings (SSSR count). The molecule has 0 heterocycles.